The molecule has 1 heterocycles. The number of thiophene rings is 1. The zero-order chi connectivity index (χ0) is 15.9. The van der Waals surface area contributed by atoms with Crippen LogP contribution in [0.25, 0.3) is 0 Å². The summed E-state index contributed by atoms with van der Waals surface area (Å²) in [6.07, 6.45) is 0.0178. The number of hydrogen-bond donors (Lipinski definition) is 3. The summed E-state index contributed by atoms with van der Waals surface area (Å²) in [5.74, 6) is -0.512. The monoisotopic (exact) mass is 318 g/mol. The van der Waals surface area contributed by atoms with E-state index in [0.717, 1.165) is 0 Å². The maximum absolute atomic E-state index is 12.2. The van der Waals surface area contributed by atoms with Crippen molar-refractivity contribution in [2.75, 3.05) is 11.9 Å². The Morgan fingerprint density at radius 2 is 1.95 bits per heavy atom. The van der Waals surface area contributed by atoms with E-state index in [1.54, 1.807) is 43.3 Å². The predicted molar refractivity (Wildman–Crippen MR) is 87.3 cm³/mol. The highest BCUT2D eigenvalue weighted by Crippen LogP contribution is 2.17. The van der Waals surface area contributed by atoms with Gasteiger partial charge in [0.25, 0.3) is 11.8 Å². The molecule has 22 heavy (non-hydrogen) atoms. The third-order valence-corrected chi connectivity index (χ3v) is 3.88. The Morgan fingerprint density at radius 3 is 2.64 bits per heavy atom. The van der Waals surface area contributed by atoms with E-state index in [9.17, 15) is 14.7 Å². The topological polar surface area (TPSA) is 78.4 Å². The Hall–Kier alpha value is -2.18. The summed E-state index contributed by atoms with van der Waals surface area (Å²) >= 11 is 1.34. The average Bonchev–Trinajstić information content (AvgIpc) is 3.01. The van der Waals surface area contributed by atoms with Gasteiger partial charge in [-0.1, -0.05) is 18.2 Å². The molecular formula is C16H18N2O3S. The van der Waals surface area contributed by atoms with Crippen molar-refractivity contribution in [3.63, 3.8) is 0 Å². The normalized spacial score (nSPS) is 11.7. The van der Waals surface area contributed by atoms with E-state index in [1.807, 2.05) is 5.38 Å². The molecule has 1 aromatic carbocycles. The van der Waals surface area contributed by atoms with Crippen LogP contribution in [-0.4, -0.2) is 29.6 Å². The Labute approximate surface area is 133 Å². The number of para-hydroxylation sites is 1. The van der Waals surface area contributed by atoms with Gasteiger partial charge in [0.1, 0.15) is 0 Å². The van der Waals surface area contributed by atoms with Gasteiger partial charge in [-0.15, -0.1) is 11.3 Å². The molecule has 1 atom stereocenters. The number of aliphatic hydroxyl groups excluding tert-OH is 1. The first-order valence-electron chi connectivity index (χ1n) is 6.98. The first kappa shape index (κ1) is 16.2. The number of anilines is 1. The smallest absolute Gasteiger partial charge is 0.265 e. The number of benzene rings is 1. The molecule has 1 unspecified atom stereocenters. The molecular weight excluding hydrogens is 300 g/mol. The molecule has 0 saturated heterocycles. The highest BCUT2D eigenvalue weighted by atomic mass is 32.1. The Balaban J connectivity index is 2.06. The van der Waals surface area contributed by atoms with Crippen molar-refractivity contribution in [3.8, 4) is 0 Å². The zero-order valence-electron chi connectivity index (χ0n) is 12.2. The molecule has 0 fully saturated rings. The number of aliphatic hydroxyl groups is 1. The molecule has 0 aliphatic heterocycles. The fourth-order valence-electron chi connectivity index (χ4n) is 1.87. The molecule has 1 aromatic heterocycles. The van der Waals surface area contributed by atoms with E-state index in [-0.39, 0.29) is 11.8 Å². The maximum Gasteiger partial charge on any atom is 0.265 e. The first-order chi connectivity index (χ1) is 10.6. The van der Waals surface area contributed by atoms with Crippen molar-refractivity contribution in [2.45, 2.75) is 19.4 Å². The van der Waals surface area contributed by atoms with Gasteiger partial charge >= 0.3 is 0 Å². The number of nitrogens with one attached hydrogen (secondary N) is 2. The van der Waals surface area contributed by atoms with Crippen LogP contribution in [0.5, 0.6) is 0 Å². The molecule has 0 bridgehead atoms. The molecule has 5 nitrogen and oxygen atoms in total. The molecule has 3 N–H and O–H groups in total. The maximum atomic E-state index is 12.2. The second-order valence-corrected chi connectivity index (χ2v) is 5.82. The Morgan fingerprint density at radius 1 is 1.18 bits per heavy atom. The van der Waals surface area contributed by atoms with E-state index in [4.69, 9.17) is 0 Å². The highest BCUT2D eigenvalue weighted by Gasteiger charge is 2.14. The minimum Gasteiger partial charge on any atom is -0.393 e. The number of carbonyl (C=O) groups excluding carboxylic acids is 2. The van der Waals surface area contributed by atoms with Crippen molar-refractivity contribution >= 4 is 28.8 Å². The second kappa shape index (κ2) is 7.72. The SMILES string of the molecule is CC(O)CCNC(=O)c1ccccc1NC(=O)c1cccs1. The largest absolute Gasteiger partial charge is 0.393 e. The third kappa shape index (κ3) is 4.41. The van der Waals surface area contributed by atoms with Crippen LogP contribution in [0, 0.1) is 0 Å². The van der Waals surface area contributed by atoms with Gasteiger partial charge in [0.15, 0.2) is 0 Å². The molecule has 0 saturated carbocycles. The van der Waals surface area contributed by atoms with Crippen molar-refractivity contribution in [1.82, 2.24) is 5.32 Å². The summed E-state index contributed by atoms with van der Waals surface area (Å²) in [4.78, 5) is 24.8. The standard InChI is InChI=1S/C16H18N2O3S/c1-11(19)8-9-17-15(20)12-5-2-3-6-13(12)18-16(21)14-7-4-10-22-14/h2-7,10-11,19H,8-9H2,1H3,(H,17,20)(H,18,21). The van der Waals surface area contributed by atoms with E-state index >= 15 is 0 Å². The van der Waals surface area contributed by atoms with Gasteiger partial charge in [0.05, 0.1) is 22.2 Å². The van der Waals surface area contributed by atoms with E-state index < -0.39 is 6.10 Å². The lowest BCUT2D eigenvalue weighted by atomic mass is 10.1. The van der Waals surface area contributed by atoms with E-state index in [1.165, 1.54) is 11.3 Å². The zero-order valence-corrected chi connectivity index (χ0v) is 13.0. The summed E-state index contributed by atoms with van der Waals surface area (Å²) in [5, 5.41) is 16.5. The minimum absolute atomic E-state index is 0.237. The van der Waals surface area contributed by atoms with Gasteiger partial charge in [-0.2, -0.15) is 0 Å². The Bertz CT molecular complexity index is 639. The Kier molecular flexibility index (Phi) is 5.68. The van der Waals surface area contributed by atoms with Crippen molar-refractivity contribution in [3.05, 3.63) is 52.2 Å². The van der Waals surface area contributed by atoms with E-state index in [0.29, 0.717) is 29.1 Å². The highest BCUT2D eigenvalue weighted by molar-refractivity contribution is 7.12. The average molecular weight is 318 g/mol. The number of rotatable bonds is 6. The predicted octanol–water partition coefficient (Wildman–Crippen LogP) is 2.50. The van der Waals surface area contributed by atoms with Gasteiger partial charge in [-0.3, -0.25) is 9.59 Å². The summed E-state index contributed by atoms with van der Waals surface area (Å²) in [5.41, 5.74) is 0.869. The summed E-state index contributed by atoms with van der Waals surface area (Å²) < 4.78 is 0. The lowest BCUT2D eigenvalue weighted by Gasteiger charge is -2.11. The first-order valence-corrected chi connectivity index (χ1v) is 7.86. The van der Waals surface area contributed by atoms with Gasteiger partial charge in [-0.05, 0) is 36.9 Å². The van der Waals surface area contributed by atoms with Crippen LogP contribution < -0.4 is 10.6 Å². The lowest BCUT2D eigenvalue weighted by molar-refractivity contribution is 0.0946. The van der Waals surface area contributed by atoms with Crippen LogP contribution >= 0.6 is 11.3 Å². The van der Waals surface area contributed by atoms with E-state index in [2.05, 4.69) is 10.6 Å². The molecule has 0 radical (unpaired) electrons. The van der Waals surface area contributed by atoms with Crippen LogP contribution in [0.4, 0.5) is 5.69 Å². The van der Waals surface area contributed by atoms with Gasteiger partial charge in [0.2, 0.25) is 0 Å². The van der Waals surface area contributed by atoms with Crippen LogP contribution in [0.15, 0.2) is 41.8 Å². The second-order valence-electron chi connectivity index (χ2n) is 4.87. The summed E-state index contributed by atoms with van der Waals surface area (Å²) in [7, 11) is 0. The summed E-state index contributed by atoms with van der Waals surface area (Å²) in [6, 6.07) is 10.4. The van der Waals surface area contributed by atoms with Crippen molar-refractivity contribution < 1.29 is 14.7 Å². The molecule has 116 valence electrons. The fraction of sp³-hybridized carbons (Fsp3) is 0.250. The molecule has 0 aliphatic carbocycles. The number of amides is 2. The lowest BCUT2D eigenvalue weighted by Crippen LogP contribution is -2.27. The van der Waals surface area contributed by atoms with Gasteiger partial charge < -0.3 is 15.7 Å². The quantitative estimate of drug-likeness (QED) is 0.766. The van der Waals surface area contributed by atoms with Gasteiger partial charge in [-0.25, -0.2) is 0 Å². The molecule has 6 heteroatoms. The van der Waals surface area contributed by atoms with Crippen LogP contribution in [0.2, 0.25) is 0 Å². The van der Waals surface area contributed by atoms with Crippen LogP contribution in [0.3, 0.4) is 0 Å². The molecule has 0 aliphatic rings. The molecule has 2 aromatic rings. The molecule has 2 amide bonds. The van der Waals surface area contributed by atoms with Crippen molar-refractivity contribution in [1.29, 1.82) is 0 Å². The minimum atomic E-state index is -0.464. The number of hydrogen-bond acceptors (Lipinski definition) is 4. The summed E-state index contributed by atoms with van der Waals surface area (Å²) in [6.45, 7) is 2.05. The van der Waals surface area contributed by atoms with Gasteiger partial charge in [0, 0.05) is 6.54 Å². The van der Waals surface area contributed by atoms with Crippen LogP contribution in [0.1, 0.15) is 33.4 Å². The molecule has 2 rings (SSSR count). The third-order valence-electron chi connectivity index (χ3n) is 3.01. The fourth-order valence-corrected chi connectivity index (χ4v) is 2.49. The molecule has 0 spiro atoms. The van der Waals surface area contributed by atoms with Crippen molar-refractivity contribution in [2.24, 2.45) is 0 Å². The van der Waals surface area contributed by atoms with Crippen LogP contribution in [-0.2, 0) is 0 Å². The number of carbonyl (C=O) groups is 2.